The van der Waals surface area contributed by atoms with E-state index in [-0.39, 0.29) is 11.8 Å². The van der Waals surface area contributed by atoms with E-state index in [4.69, 9.17) is 10.5 Å². The van der Waals surface area contributed by atoms with E-state index in [1.165, 1.54) is 17.8 Å². The number of nitrogen functional groups attached to an aromatic ring is 1. The van der Waals surface area contributed by atoms with Crippen LogP contribution in [0.15, 0.2) is 23.1 Å². The van der Waals surface area contributed by atoms with E-state index >= 15 is 0 Å². The molecule has 1 heterocycles. The summed E-state index contributed by atoms with van der Waals surface area (Å²) in [7, 11) is 0. The average Bonchev–Trinajstić information content (AvgIpc) is 2.79. The van der Waals surface area contributed by atoms with Crippen LogP contribution < -0.4 is 5.73 Å². The van der Waals surface area contributed by atoms with Gasteiger partial charge in [0, 0.05) is 22.9 Å². The third kappa shape index (κ3) is 3.32. The molecular weight excluding hydrogens is 263 g/mol. The molecule has 1 aliphatic heterocycles. The lowest BCUT2D eigenvalue weighted by Crippen LogP contribution is -2.10. The minimum Gasteiger partial charge on any atom is -0.398 e. The Morgan fingerprint density at radius 1 is 1.39 bits per heavy atom. The molecule has 0 spiro atoms. The van der Waals surface area contributed by atoms with Crippen LogP contribution in [0.3, 0.4) is 0 Å². The Balaban J connectivity index is 2.04. The van der Waals surface area contributed by atoms with Crippen LogP contribution in [0.25, 0.3) is 0 Å². The van der Waals surface area contributed by atoms with Crippen LogP contribution in [0, 0.1) is 0 Å². The molecular formula is C12H14F3NOS. The van der Waals surface area contributed by atoms with Crippen molar-refractivity contribution in [2.24, 2.45) is 0 Å². The zero-order valence-electron chi connectivity index (χ0n) is 9.67. The van der Waals surface area contributed by atoms with Crippen LogP contribution in [-0.4, -0.2) is 18.5 Å². The van der Waals surface area contributed by atoms with Gasteiger partial charge in [0.25, 0.3) is 0 Å². The van der Waals surface area contributed by atoms with Crippen molar-refractivity contribution in [3.05, 3.63) is 23.8 Å². The van der Waals surface area contributed by atoms with Crippen LogP contribution >= 0.6 is 11.8 Å². The Morgan fingerprint density at radius 3 is 2.78 bits per heavy atom. The Kier molecular flexibility index (Phi) is 4.07. The Morgan fingerprint density at radius 2 is 2.17 bits per heavy atom. The zero-order valence-corrected chi connectivity index (χ0v) is 10.5. The highest BCUT2D eigenvalue weighted by molar-refractivity contribution is 7.99. The van der Waals surface area contributed by atoms with Gasteiger partial charge in [-0.25, -0.2) is 0 Å². The van der Waals surface area contributed by atoms with Crippen LogP contribution in [0.5, 0.6) is 0 Å². The average molecular weight is 277 g/mol. The largest absolute Gasteiger partial charge is 0.418 e. The highest BCUT2D eigenvalue weighted by Crippen LogP contribution is 2.36. The van der Waals surface area contributed by atoms with Crippen LogP contribution in [0.1, 0.15) is 18.4 Å². The molecule has 1 aromatic carbocycles. The molecule has 0 saturated carbocycles. The first-order valence-corrected chi connectivity index (χ1v) is 6.66. The Bertz CT molecular complexity index is 416. The topological polar surface area (TPSA) is 35.2 Å². The van der Waals surface area contributed by atoms with Gasteiger partial charge in [0.2, 0.25) is 0 Å². The summed E-state index contributed by atoms with van der Waals surface area (Å²) in [5.41, 5.74) is 4.34. The molecule has 0 bridgehead atoms. The fourth-order valence-electron chi connectivity index (χ4n) is 1.84. The molecule has 0 amide bonds. The van der Waals surface area contributed by atoms with E-state index in [1.54, 1.807) is 6.07 Å². The molecule has 1 fully saturated rings. The molecule has 0 aliphatic carbocycles. The second-order valence-corrected chi connectivity index (χ2v) is 5.29. The number of anilines is 1. The highest BCUT2D eigenvalue weighted by atomic mass is 32.2. The molecule has 2 N–H and O–H groups in total. The third-order valence-electron chi connectivity index (χ3n) is 2.79. The van der Waals surface area contributed by atoms with Crippen molar-refractivity contribution in [1.82, 2.24) is 0 Å². The van der Waals surface area contributed by atoms with Crippen LogP contribution in [0.2, 0.25) is 0 Å². The predicted octanol–water partition coefficient (Wildman–Crippen LogP) is 3.56. The molecule has 1 saturated heterocycles. The van der Waals surface area contributed by atoms with Gasteiger partial charge < -0.3 is 10.5 Å². The maximum absolute atomic E-state index is 12.7. The van der Waals surface area contributed by atoms with Gasteiger partial charge in [-0.15, -0.1) is 11.8 Å². The predicted molar refractivity (Wildman–Crippen MR) is 65.6 cm³/mol. The maximum atomic E-state index is 12.7. The number of thioether (sulfide) groups is 1. The van der Waals surface area contributed by atoms with Gasteiger partial charge in [-0.3, -0.25) is 0 Å². The monoisotopic (exact) mass is 277 g/mol. The molecule has 0 aromatic heterocycles. The molecule has 2 nitrogen and oxygen atoms in total. The van der Waals surface area contributed by atoms with E-state index < -0.39 is 11.7 Å². The number of hydrogen-bond acceptors (Lipinski definition) is 3. The van der Waals surface area contributed by atoms with Gasteiger partial charge in [-0.2, -0.15) is 13.2 Å². The lowest BCUT2D eigenvalue weighted by molar-refractivity contribution is -0.137. The number of nitrogens with two attached hydrogens (primary N) is 1. The molecule has 100 valence electrons. The van der Waals surface area contributed by atoms with Gasteiger partial charge in [0.15, 0.2) is 0 Å². The summed E-state index contributed by atoms with van der Waals surface area (Å²) in [6, 6.07) is 4.03. The van der Waals surface area contributed by atoms with E-state index in [2.05, 4.69) is 0 Å². The number of rotatable bonds is 3. The van der Waals surface area contributed by atoms with Gasteiger partial charge >= 0.3 is 6.18 Å². The van der Waals surface area contributed by atoms with Gasteiger partial charge in [-0.05, 0) is 31.0 Å². The third-order valence-corrected chi connectivity index (χ3v) is 3.92. The minimum atomic E-state index is -4.40. The van der Waals surface area contributed by atoms with Gasteiger partial charge in [0.1, 0.15) is 0 Å². The van der Waals surface area contributed by atoms with Crippen molar-refractivity contribution in [3.63, 3.8) is 0 Å². The number of alkyl halides is 3. The van der Waals surface area contributed by atoms with E-state index in [0.717, 1.165) is 25.5 Å². The summed E-state index contributed by atoms with van der Waals surface area (Å²) in [4.78, 5) is 0.576. The molecule has 1 unspecified atom stereocenters. The lowest BCUT2D eigenvalue weighted by atomic mass is 10.2. The van der Waals surface area contributed by atoms with Crippen molar-refractivity contribution in [3.8, 4) is 0 Å². The molecule has 1 atom stereocenters. The molecule has 1 aromatic rings. The van der Waals surface area contributed by atoms with Gasteiger partial charge in [0.05, 0.1) is 11.7 Å². The van der Waals surface area contributed by atoms with Crippen molar-refractivity contribution in [2.75, 3.05) is 18.1 Å². The highest BCUT2D eigenvalue weighted by Gasteiger charge is 2.33. The SMILES string of the molecule is Nc1ccc(SCC2CCCO2)cc1C(F)(F)F. The van der Waals surface area contributed by atoms with Crippen molar-refractivity contribution in [1.29, 1.82) is 0 Å². The van der Waals surface area contributed by atoms with Crippen molar-refractivity contribution < 1.29 is 17.9 Å². The molecule has 2 rings (SSSR count). The lowest BCUT2D eigenvalue weighted by Gasteiger charge is -2.13. The first-order chi connectivity index (χ1) is 8.47. The summed E-state index contributed by atoms with van der Waals surface area (Å²) >= 11 is 1.38. The summed E-state index contributed by atoms with van der Waals surface area (Å²) in [6.07, 6.45) is -2.23. The Hall–Kier alpha value is -0.880. The second kappa shape index (κ2) is 5.40. The molecule has 1 aliphatic rings. The molecule has 6 heteroatoms. The van der Waals surface area contributed by atoms with E-state index in [1.807, 2.05) is 0 Å². The van der Waals surface area contributed by atoms with Crippen molar-refractivity contribution >= 4 is 17.4 Å². The van der Waals surface area contributed by atoms with Crippen molar-refractivity contribution in [2.45, 2.75) is 30.0 Å². The fourth-order valence-corrected chi connectivity index (χ4v) is 2.84. The Labute approximate surface area is 108 Å². The number of ether oxygens (including phenoxy) is 1. The standard InChI is InChI=1S/C12H14F3NOS/c13-12(14,15)10-6-9(3-4-11(10)16)18-7-8-2-1-5-17-8/h3-4,6,8H,1-2,5,7,16H2. The molecule has 0 radical (unpaired) electrons. The number of halogens is 3. The summed E-state index contributed by atoms with van der Waals surface area (Å²) in [5, 5.41) is 0. The normalized spacial score (nSPS) is 20.3. The summed E-state index contributed by atoms with van der Waals surface area (Å²) in [5.74, 6) is 0.682. The van der Waals surface area contributed by atoms with E-state index in [9.17, 15) is 13.2 Å². The maximum Gasteiger partial charge on any atom is 0.418 e. The minimum absolute atomic E-state index is 0.155. The number of hydrogen-bond donors (Lipinski definition) is 1. The molecule has 18 heavy (non-hydrogen) atoms. The quantitative estimate of drug-likeness (QED) is 0.677. The van der Waals surface area contributed by atoms with E-state index in [0.29, 0.717) is 10.6 Å². The first-order valence-electron chi connectivity index (χ1n) is 5.68. The first kappa shape index (κ1) is 13.5. The fraction of sp³-hybridized carbons (Fsp3) is 0.500. The zero-order chi connectivity index (χ0) is 13.2. The van der Waals surface area contributed by atoms with Crippen LogP contribution in [-0.2, 0) is 10.9 Å². The number of benzene rings is 1. The van der Waals surface area contributed by atoms with Crippen LogP contribution in [0.4, 0.5) is 18.9 Å². The van der Waals surface area contributed by atoms with Gasteiger partial charge in [-0.1, -0.05) is 0 Å². The summed E-state index contributed by atoms with van der Waals surface area (Å²) < 4.78 is 43.4. The summed E-state index contributed by atoms with van der Waals surface area (Å²) in [6.45, 7) is 0.751. The smallest absolute Gasteiger partial charge is 0.398 e. The second-order valence-electron chi connectivity index (χ2n) is 4.19.